The van der Waals surface area contributed by atoms with Gasteiger partial charge in [0.2, 0.25) is 5.91 Å². The predicted molar refractivity (Wildman–Crippen MR) is 76.1 cm³/mol. The molecule has 0 aromatic rings. The number of rotatable bonds is 6. The number of amides is 1. The number of nitrogens with two attached hydrogens (primary N) is 1. The van der Waals surface area contributed by atoms with Gasteiger partial charge in [-0.1, -0.05) is 34.6 Å². The van der Waals surface area contributed by atoms with E-state index in [1.165, 1.54) is 0 Å². The lowest BCUT2D eigenvalue weighted by atomic mass is 9.61. The monoisotopic (exact) mass is 254 g/mol. The second-order valence-electron chi connectivity index (χ2n) is 7.00. The molecule has 3 nitrogen and oxygen atoms in total. The third kappa shape index (κ3) is 3.47. The van der Waals surface area contributed by atoms with Crippen molar-refractivity contribution in [2.45, 2.75) is 47.5 Å². The molecule has 106 valence electrons. The van der Waals surface area contributed by atoms with E-state index in [-0.39, 0.29) is 5.41 Å². The van der Waals surface area contributed by atoms with Crippen LogP contribution < -0.4 is 5.73 Å². The van der Waals surface area contributed by atoms with Crippen LogP contribution in [-0.4, -0.2) is 30.4 Å². The van der Waals surface area contributed by atoms with Gasteiger partial charge in [0.25, 0.3) is 0 Å². The minimum atomic E-state index is -0.247. The molecule has 1 aliphatic rings. The average molecular weight is 254 g/mol. The van der Waals surface area contributed by atoms with Crippen LogP contribution in [0.5, 0.6) is 0 Å². The molecule has 3 heteroatoms. The van der Waals surface area contributed by atoms with Crippen LogP contribution >= 0.6 is 0 Å². The Hall–Kier alpha value is -0.570. The first kappa shape index (κ1) is 15.5. The fraction of sp³-hybridized carbons (Fsp3) is 0.933. The van der Waals surface area contributed by atoms with Crippen LogP contribution in [0.1, 0.15) is 47.5 Å². The zero-order valence-corrected chi connectivity index (χ0v) is 12.7. The van der Waals surface area contributed by atoms with Crippen LogP contribution in [0.25, 0.3) is 0 Å². The topological polar surface area (TPSA) is 46.3 Å². The van der Waals surface area contributed by atoms with Crippen molar-refractivity contribution in [2.24, 2.45) is 28.9 Å². The summed E-state index contributed by atoms with van der Waals surface area (Å²) in [6.45, 7) is 13.1. The van der Waals surface area contributed by atoms with E-state index >= 15 is 0 Å². The number of nitrogens with zero attached hydrogens (tertiary/aromatic N) is 1. The van der Waals surface area contributed by atoms with Gasteiger partial charge in [0.05, 0.1) is 5.41 Å². The Bertz CT molecular complexity index is 270. The number of carbonyl (C=O) groups is 1. The Balaban J connectivity index is 2.74. The Labute approximate surface area is 112 Å². The molecule has 0 saturated heterocycles. The highest BCUT2D eigenvalue weighted by atomic mass is 16.2. The molecule has 0 bridgehead atoms. The van der Waals surface area contributed by atoms with Crippen LogP contribution in [0, 0.1) is 23.2 Å². The van der Waals surface area contributed by atoms with Gasteiger partial charge in [-0.2, -0.15) is 0 Å². The fourth-order valence-corrected chi connectivity index (χ4v) is 3.16. The van der Waals surface area contributed by atoms with E-state index in [2.05, 4.69) is 34.6 Å². The molecule has 0 atom stereocenters. The van der Waals surface area contributed by atoms with E-state index in [1.807, 2.05) is 4.90 Å². The molecule has 1 aliphatic carbocycles. The summed E-state index contributed by atoms with van der Waals surface area (Å²) >= 11 is 0. The second kappa shape index (κ2) is 6.05. The zero-order chi connectivity index (χ0) is 13.9. The van der Waals surface area contributed by atoms with E-state index in [0.717, 1.165) is 25.9 Å². The molecule has 1 saturated carbocycles. The summed E-state index contributed by atoms with van der Waals surface area (Å²) in [5, 5.41) is 0. The second-order valence-corrected chi connectivity index (χ2v) is 7.00. The fourth-order valence-electron chi connectivity index (χ4n) is 3.16. The minimum absolute atomic E-state index is 0.247. The highest BCUT2D eigenvalue weighted by molar-refractivity contribution is 5.84. The molecule has 0 aromatic heterocycles. The molecule has 0 unspecified atom stereocenters. The first-order chi connectivity index (χ1) is 8.30. The van der Waals surface area contributed by atoms with Crippen molar-refractivity contribution in [3.63, 3.8) is 0 Å². The summed E-state index contributed by atoms with van der Waals surface area (Å²) in [4.78, 5) is 14.8. The van der Waals surface area contributed by atoms with Gasteiger partial charge in [0, 0.05) is 19.6 Å². The molecule has 0 aromatic carbocycles. The predicted octanol–water partition coefficient (Wildman–Crippen LogP) is 2.50. The van der Waals surface area contributed by atoms with Gasteiger partial charge in [0.1, 0.15) is 0 Å². The van der Waals surface area contributed by atoms with Gasteiger partial charge >= 0.3 is 0 Å². The third-order valence-corrected chi connectivity index (χ3v) is 3.78. The maximum absolute atomic E-state index is 12.7. The summed E-state index contributed by atoms with van der Waals surface area (Å²) in [6.07, 6.45) is 1.93. The van der Waals surface area contributed by atoms with Crippen molar-refractivity contribution in [3.8, 4) is 0 Å². The molecule has 18 heavy (non-hydrogen) atoms. The minimum Gasteiger partial charge on any atom is -0.342 e. The number of hydrogen-bond acceptors (Lipinski definition) is 2. The van der Waals surface area contributed by atoms with Crippen molar-refractivity contribution < 1.29 is 4.79 Å². The van der Waals surface area contributed by atoms with Gasteiger partial charge in [-0.25, -0.2) is 0 Å². The molecule has 0 spiro atoms. The third-order valence-electron chi connectivity index (χ3n) is 3.78. The number of carbonyl (C=O) groups excluding carboxylic acids is 1. The van der Waals surface area contributed by atoms with Crippen molar-refractivity contribution in [1.29, 1.82) is 0 Å². The van der Waals surface area contributed by atoms with Crippen LogP contribution in [0.4, 0.5) is 0 Å². The van der Waals surface area contributed by atoms with Crippen LogP contribution in [0.15, 0.2) is 0 Å². The standard InChI is InChI=1S/C15H30N2O/c1-11(2)8-17(9-12(3)4)14(18)15(10-16)6-13(5)7-15/h11-13H,6-10,16H2,1-5H3. The van der Waals surface area contributed by atoms with Gasteiger partial charge < -0.3 is 10.6 Å². The van der Waals surface area contributed by atoms with Crippen molar-refractivity contribution in [2.75, 3.05) is 19.6 Å². The van der Waals surface area contributed by atoms with Gasteiger partial charge in [-0.3, -0.25) is 4.79 Å². The summed E-state index contributed by atoms with van der Waals surface area (Å²) in [5.41, 5.74) is 5.64. The first-order valence-electron chi connectivity index (χ1n) is 7.30. The van der Waals surface area contributed by atoms with Crippen molar-refractivity contribution >= 4 is 5.91 Å². The highest BCUT2D eigenvalue weighted by Gasteiger charge is 2.48. The molecular formula is C15H30N2O. The smallest absolute Gasteiger partial charge is 0.230 e. The largest absolute Gasteiger partial charge is 0.342 e. The van der Waals surface area contributed by atoms with Crippen LogP contribution in [0.3, 0.4) is 0 Å². The molecule has 1 rings (SSSR count). The maximum atomic E-state index is 12.7. The van der Waals surface area contributed by atoms with Crippen molar-refractivity contribution in [3.05, 3.63) is 0 Å². The SMILES string of the molecule is CC(C)CN(CC(C)C)C(=O)C1(CN)CC(C)C1. The van der Waals surface area contributed by atoms with E-state index in [4.69, 9.17) is 5.73 Å². The Morgan fingerprint density at radius 1 is 1.22 bits per heavy atom. The molecule has 0 aliphatic heterocycles. The zero-order valence-electron chi connectivity index (χ0n) is 12.7. The first-order valence-corrected chi connectivity index (χ1v) is 7.30. The summed E-state index contributed by atoms with van der Waals surface area (Å²) in [7, 11) is 0. The lowest BCUT2D eigenvalue weighted by Gasteiger charge is -2.47. The van der Waals surface area contributed by atoms with Gasteiger partial charge in [-0.15, -0.1) is 0 Å². The van der Waals surface area contributed by atoms with Gasteiger partial charge in [-0.05, 0) is 30.6 Å². The molecule has 0 heterocycles. The van der Waals surface area contributed by atoms with Crippen molar-refractivity contribution in [1.82, 2.24) is 4.90 Å². The summed E-state index contributed by atoms with van der Waals surface area (Å²) < 4.78 is 0. The molecule has 0 radical (unpaired) electrons. The van der Waals surface area contributed by atoms with E-state index < -0.39 is 0 Å². The maximum Gasteiger partial charge on any atom is 0.230 e. The van der Waals surface area contributed by atoms with Crippen LogP contribution in [0.2, 0.25) is 0 Å². The van der Waals surface area contributed by atoms with Gasteiger partial charge in [0.15, 0.2) is 0 Å². The van der Waals surface area contributed by atoms with Crippen LogP contribution in [-0.2, 0) is 4.79 Å². The number of hydrogen-bond donors (Lipinski definition) is 1. The van der Waals surface area contributed by atoms with E-state index in [0.29, 0.717) is 30.2 Å². The highest BCUT2D eigenvalue weighted by Crippen LogP contribution is 2.46. The average Bonchev–Trinajstić information content (AvgIpc) is 2.21. The normalized spacial score (nSPS) is 27.4. The Kier molecular flexibility index (Phi) is 5.20. The summed E-state index contributed by atoms with van der Waals surface area (Å²) in [6, 6.07) is 0. The molecular weight excluding hydrogens is 224 g/mol. The molecule has 1 amide bonds. The summed E-state index contributed by atoms with van der Waals surface area (Å²) in [5.74, 6) is 1.97. The quantitative estimate of drug-likeness (QED) is 0.791. The Morgan fingerprint density at radius 2 is 1.67 bits per heavy atom. The lowest BCUT2D eigenvalue weighted by molar-refractivity contribution is -0.150. The molecule has 1 fully saturated rings. The van der Waals surface area contributed by atoms with E-state index in [1.54, 1.807) is 0 Å². The Morgan fingerprint density at radius 3 is 1.94 bits per heavy atom. The van der Waals surface area contributed by atoms with E-state index in [9.17, 15) is 4.79 Å². The molecule has 2 N–H and O–H groups in total. The lowest BCUT2D eigenvalue weighted by Crippen LogP contribution is -2.55.